The number of urea groups is 1. The van der Waals surface area contributed by atoms with Gasteiger partial charge in [-0.1, -0.05) is 23.4 Å². The van der Waals surface area contributed by atoms with Crippen molar-refractivity contribution < 1.29 is 13.7 Å². The first kappa shape index (κ1) is 17.1. The molecule has 1 unspecified atom stereocenters. The molecule has 1 N–H and O–H groups in total. The van der Waals surface area contributed by atoms with Gasteiger partial charge in [0, 0.05) is 31.7 Å². The predicted octanol–water partition coefficient (Wildman–Crippen LogP) is 2.97. The Morgan fingerprint density at radius 3 is 2.89 bits per heavy atom. The van der Waals surface area contributed by atoms with Crippen LogP contribution in [0.3, 0.4) is 0 Å². The molecule has 1 fully saturated rings. The summed E-state index contributed by atoms with van der Waals surface area (Å²) in [5, 5.41) is 6.90. The Bertz CT molecular complexity index is 913. The molecule has 8 heteroatoms. The molecule has 1 aliphatic heterocycles. The van der Waals surface area contributed by atoms with Crippen LogP contribution in [-0.4, -0.2) is 39.1 Å². The zero-order chi connectivity index (χ0) is 18.6. The second-order valence-electron chi connectivity index (χ2n) is 6.39. The zero-order valence-electron chi connectivity index (χ0n) is 14.5. The Hall–Kier alpha value is -3.29. The fraction of sp³-hybridized carbons (Fsp3) is 0.263. The number of benzene rings is 1. The van der Waals surface area contributed by atoms with Gasteiger partial charge in [-0.25, -0.2) is 9.18 Å². The van der Waals surface area contributed by atoms with Crippen LogP contribution in [0, 0.1) is 5.82 Å². The second kappa shape index (κ2) is 7.53. The molecule has 0 spiro atoms. The molecule has 0 bridgehead atoms. The quantitative estimate of drug-likeness (QED) is 0.766. The van der Waals surface area contributed by atoms with Crippen LogP contribution in [0.5, 0.6) is 0 Å². The molecule has 27 heavy (non-hydrogen) atoms. The molecule has 0 radical (unpaired) electrons. The molecule has 138 valence electrons. The number of halogens is 1. The van der Waals surface area contributed by atoms with Crippen LogP contribution >= 0.6 is 0 Å². The van der Waals surface area contributed by atoms with Gasteiger partial charge in [0.1, 0.15) is 11.5 Å². The minimum atomic E-state index is -0.294. The molecule has 1 atom stereocenters. The standard InChI is InChI=1S/C19H18FN5O2/c20-15-6-4-13(5-7-15)11-22-19(26)25-10-8-14(12-25)17-23-18(27-24-17)16-3-1-2-9-21-16/h1-7,9,14H,8,10-12H2,(H,22,26). The van der Waals surface area contributed by atoms with Crippen LogP contribution in [0.2, 0.25) is 0 Å². The van der Waals surface area contributed by atoms with Crippen molar-refractivity contribution in [3.63, 3.8) is 0 Å². The van der Waals surface area contributed by atoms with E-state index in [4.69, 9.17) is 4.52 Å². The Morgan fingerprint density at radius 1 is 1.26 bits per heavy atom. The topological polar surface area (TPSA) is 84.2 Å². The molecule has 2 amide bonds. The zero-order valence-corrected chi connectivity index (χ0v) is 14.5. The van der Waals surface area contributed by atoms with Crippen LogP contribution < -0.4 is 5.32 Å². The minimum Gasteiger partial charge on any atom is -0.334 e. The summed E-state index contributed by atoms with van der Waals surface area (Å²) < 4.78 is 18.2. The molecular weight excluding hydrogens is 349 g/mol. The molecule has 0 saturated carbocycles. The van der Waals surface area contributed by atoms with Gasteiger partial charge in [0.05, 0.1) is 0 Å². The van der Waals surface area contributed by atoms with Crippen molar-refractivity contribution >= 4 is 6.03 Å². The third-order valence-corrected chi connectivity index (χ3v) is 4.52. The lowest BCUT2D eigenvalue weighted by Crippen LogP contribution is -2.38. The maximum absolute atomic E-state index is 12.9. The summed E-state index contributed by atoms with van der Waals surface area (Å²) in [6.07, 6.45) is 2.44. The molecule has 1 aromatic carbocycles. The smallest absolute Gasteiger partial charge is 0.317 e. The maximum atomic E-state index is 12.9. The predicted molar refractivity (Wildman–Crippen MR) is 95.1 cm³/mol. The van der Waals surface area contributed by atoms with Crippen molar-refractivity contribution in [2.24, 2.45) is 0 Å². The lowest BCUT2D eigenvalue weighted by atomic mass is 10.1. The van der Waals surface area contributed by atoms with Crippen LogP contribution in [0.4, 0.5) is 9.18 Å². The number of amides is 2. The summed E-state index contributed by atoms with van der Waals surface area (Å²) in [6, 6.07) is 11.4. The van der Waals surface area contributed by atoms with E-state index < -0.39 is 0 Å². The highest BCUT2D eigenvalue weighted by Crippen LogP contribution is 2.26. The lowest BCUT2D eigenvalue weighted by molar-refractivity contribution is 0.207. The van der Waals surface area contributed by atoms with Gasteiger partial charge >= 0.3 is 6.03 Å². The summed E-state index contributed by atoms with van der Waals surface area (Å²) in [5.41, 5.74) is 1.47. The van der Waals surface area contributed by atoms with Gasteiger partial charge in [-0.3, -0.25) is 4.98 Å². The number of aromatic nitrogens is 3. The highest BCUT2D eigenvalue weighted by atomic mass is 19.1. The average Bonchev–Trinajstić information content (AvgIpc) is 3.37. The number of rotatable bonds is 4. The molecule has 7 nitrogen and oxygen atoms in total. The molecule has 1 saturated heterocycles. The summed E-state index contributed by atoms with van der Waals surface area (Å²) in [5.74, 6) is 0.703. The number of carbonyl (C=O) groups is 1. The first-order valence-corrected chi connectivity index (χ1v) is 8.71. The van der Waals surface area contributed by atoms with Crippen molar-refractivity contribution in [3.8, 4) is 11.6 Å². The minimum absolute atomic E-state index is 0.0304. The molecular formula is C19H18FN5O2. The number of nitrogens with zero attached hydrogens (tertiary/aromatic N) is 4. The van der Waals surface area contributed by atoms with Gasteiger partial charge in [-0.15, -0.1) is 0 Å². The normalized spacial score (nSPS) is 16.5. The van der Waals surface area contributed by atoms with E-state index in [1.807, 2.05) is 12.1 Å². The van der Waals surface area contributed by atoms with E-state index in [1.165, 1.54) is 12.1 Å². The summed E-state index contributed by atoms with van der Waals surface area (Å²) in [7, 11) is 0. The van der Waals surface area contributed by atoms with Crippen molar-refractivity contribution in [1.29, 1.82) is 0 Å². The third kappa shape index (κ3) is 3.94. The third-order valence-electron chi connectivity index (χ3n) is 4.52. The summed E-state index contributed by atoms with van der Waals surface area (Å²) in [6.45, 7) is 1.50. The van der Waals surface area contributed by atoms with E-state index in [0.717, 1.165) is 12.0 Å². The molecule has 0 aliphatic carbocycles. The number of pyridine rings is 1. The first-order valence-electron chi connectivity index (χ1n) is 8.71. The number of nitrogens with one attached hydrogen (secondary N) is 1. The fourth-order valence-corrected chi connectivity index (χ4v) is 3.04. The number of hydrogen-bond acceptors (Lipinski definition) is 5. The highest BCUT2D eigenvalue weighted by molar-refractivity contribution is 5.74. The molecule has 4 rings (SSSR count). The van der Waals surface area contributed by atoms with Gasteiger partial charge in [0.15, 0.2) is 5.82 Å². The highest BCUT2D eigenvalue weighted by Gasteiger charge is 2.30. The maximum Gasteiger partial charge on any atom is 0.317 e. The first-order chi connectivity index (χ1) is 13.2. The van der Waals surface area contributed by atoms with Crippen LogP contribution in [-0.2, 0) is 6.54 Å². The van der Waals surface area contributed by atoms with Crippen LogP contribution in [0.25, 0.3) is 11.6 Å². The summed E-state index contributed by atoms with van der Waals surface area (Å²) >= 11 is 0. The van der Waals surface area contributed by atoms with Gasteiger partial charge < -0.3 is 14.7 Å². The van der Waals surface area contributed by atoms with Gasteiger partial charge in [0.25, 0.3) is 5.89 Å². The van der Waals surface area contributed by atoms with E-state index >= 15 is 0 Å². The van der Waals surface area contributed by atoms with Gasteiger partial charge in [-0.05, 0) is 36.2 Å². The molecule has 2 aromatic heterocycles. The Balaban J connectivity index is 1.34. The van der Waals surface area contributed by atoms with E-state index in [0.29, 0.717) is 37.0 Å². The molecule has 1 aliphatic rings. The lowest BCUT2D eigenvalue weighted by Gasteiger charge is -2.16. The van der Waals surface area contributed by atoms with Crippen molar-refractivity contribution in [2.45, 2.75) is 18.9 Å². The number of likely N-dealkylation sites (tertiary alicyclic amines) is 1. The summed E-state index contributed by atoms with van der Waals surface area (Å²) in [4.78, 5) is 22.7. The Labute approximate surface area is 155 Å². The number of carbonyl (C=O) groups excluding carboxylic acids is 1. The van der Waals surface area contributed by atoms with Crippen LogP contribution in [0.1, 0.15) is 23.7 Å². The Kier molecular flexibility index (Phi) is 4.78. The Morgan fingerprint density at radius 2 is 2.11 bits per heavy atom. The largest absolute Gasteiger partial charge is 0.334 e. The second-order valence-corrected chi connectivity index (χ2v) is 6.39. The van der Waals surface area contributed by atoms with Crippen molar-refractivity contribution in [3.05, 3.63) is 65.9 Å². The van der Waals surface area contributed by atoms with E-state index in [-0.39, 0.29) is 17.8 Å². The van der Waals surface area contributed by atoms with E-state index in [2.05, 4.69) is 20.4 Å². The fourth-order valence-electron chi connectivity index (χ4n) is 3.04. The monoisotopic (exact) mass is 367 g/mol. The molecule has 3 heterocycles. The average molecular weight is 367 g/mol. The van der Waals surface area contributed by atoms with Crippen molar-refractivity contribution in [2.75, 3.05) is 13.1 Å². The van der Waals surface area contributed by atoms with Crippen LogP contribution in [0.15, 0.2) is 53.2 Å². The van der Waals surface area contributed by atoms with Gasteiger partial charge in [-0.2, -0.15) is 4.98 Å². The number of hydrogen-bond donors (Lipinski definition) is 1. The van der Waals surface area contributed by atoms with E-state index in [9.17, 15) is 9.18 Å². The SMILES string of the molecule is O=C(NCc1ccc(F)cc1)N1CCC(c2noc(-c3ccccn3)n2)C1. The van der Waals surface area contributed by atoms with Crippen molar-refractivity contribution in [1.82, 2.24) is 25.3 Å². The molecule has 3 aromatic rings. The van der Waals surface area contributed by atoms with E-state index in [1.54, 1.807) is 29.3 Å². The van der Waals surface area contributed by atoms with Gasteiger partial charge in [0.2, 0.25) is 0 Å².